The molecule has 0 unspecified atom stereocenters. The third-order valence-electron chi connectivity index (χ3n) is 3.72. The van der Waals surface area contributed by atoms with Gasteiger partial charge in [-0.25, -0.2) is 4.98 Å². The van der Waals surface area contributed by atoms with Gasteiger partial charge in [-0.1, -0.05) is 6.07 Å². The molecule has 2 N–H and O–H groups in total. The molecule has 1 aliphatic heterocycles. The SMILES string of the molecule is C[C@H]1C[C@@H](C(=O)NCc2coc(-c3cccs3)n2)CCN1.Cl. The third-order valence-corrected chi connectivity index (χ3v) is 4.58. The van der Waals surface area contributed by atoms with E-state index in [1.807, 2.05) is 17.5 Å². The maximum atomic E-state index is 12.2. The van der Waals surface area contributed by atoms with E-state index >= 15 is 0 Å². The van der Waals surface area contributed by atoms with Gasteiger partial charge in [0, 0.05) is 12.0 Å². The van der Waals surface area contributed by atoms with Crippen LogP contribution in [0.25, 0.3) is 10.8 Å². The summed E-state index contributed by atoms with van der Waals surface area (Å²) in [7, 11) is 0. The zero-order valence-electron chi connectivity index (χ0n) is 12.4. The van der Waals surface area contributed by atoms with Gasteiger partial charge < -0.3 is 15.1 Å². The quantitative estimate of drug-likeness (QED) is 0.897. The Kier molecular flexibility index (Phi) is 5.99. The van der Waals surface area contributed by atoms with Gasteiger partial charge in [-0.2, -0.15) is 0 Å². The zero-order chi connectivity index (χ0) is 14.7. The lowest BCUT2D eigenvalue weighted by Gasteiger charge is -2.26. The molecule has 2 aromatic rings. The second kappa shape index (κ2) is 7.76. The standard InChI is InChI=1S/C15H19N3O2S.ClH/c1-10-7-11(4-5-16-10)14(19)17-8-12-9-20-15(18-12)13-3-2-6-21-13;/h2-3,6,9-11,16H,4-5,7-8H2,1H3,(H,17,19);1H/t10-,11-;/m0./s1. The van der Waals surface area contributed by atoms with Gasteiger partial charge in [0.15, 0.2) is 0 Å². The first kappa shape index (κ1) is 17.0. The molecule has 1 fully saturated rings. The topological polar surface area (TPSA) is 67.2 Å². The van der Waals surface area contributed by atoms with E-state index in [0.717, 1.165) is 30.0 Å². The van der Waals surface area contributed by atoms with Gasteiger partial charge in [-0.15, -0.1) is 23.7 Å². The summed E-state index contributed by atoms with van der Waals surface area (Å²) in [4.78, 5) is 17.6. The summed E-state index contributed by atoms with van der Waals surface area (Å²) in [6.45, 7) is 3.45. The van der Waals surface area contributed by atoms with E-state index < -0.39 is 0 Å². The van der Waals surface area contributed by atoms with Crippen LogP contribution in [-0.2, 0) is 11.3 Å². The van der Waals surface area contributed by atoms with Crippen LogP contribution in [0.3, 0.4) is 0 Å². The Morgan fingerprint density at radius 3 is 3.18 bits per heavy atom. The lowest BCUT2D eigenvalue weighted by atomic mass is 9.92. The Morgan fingerprint density at radius 2 is 2.45 bits per heavy atom. The van der Waals surface area contributed by atoms with Crippen LogP contribution in [0.15, 0.2) is 28.2 Å². The number of nitrogens with zero attached hydrogens (tertiary/aromatic N) is 1. The van der Waals surface area contributed by atoms with Crippen molar-refractivity contribution in [1.82, 2.24) is 15.6 Å². The van der Waals surface area contributed by atoms with Crippen LogP contribution in [0.5, 0.6) is 0 Å². The van der Waals surface area contributed by atoms with E-state index in [2.05, 4.69) is 22.5 Å². The van der Waals surface area contributed by atoms with Crippen molar-refractivity contribution < 1.29 is 9.21 Å². The number of carbonyl (C=O) groups is 1. The molecule has 7 heteroatoms. The molecule has 3 rings (SSSR count). The number of hydrogen-bond acceptors (Lipinski definition) is 5. The van der Waals surface area contributed by atoms with Crippen molar-refractivity contribution >= 4 is 29.7 Å². The molecule has 0 bridgehead atoms. The third kappa shape index (κ3) is 4.09. The molecule has 120 valence electrons. The first-order valence-corrected chi connectivity index (χ1v) is 8.09. The van der Waals surface area contributed by atoms with Crippen LogP contribution in [0.1, 0.15) is 25.5 Å². The Bertz CT molecular complexity index is 600. The van der Waals surface area contributed by atoms with Gasteiger partial charge in [-0.3, -0.25) is 4.79 Å². The average Bonchev–Trinajstić information content (AvgIpc) is 3.15. The van der Waals surface area contributed by atoms with Crippen molar-refractivity contribution in [2.24, 2.45) is 5.92 Å². The first-order chi connectivity index (χ1) is 10.2. The van der Waals surface area contributed by atoms with Crippen molar-refractivity contribution in [3.05, 3.63) is 29.5 Å². The molecule has 1 amide bonds. The predicted molar refractivity (Wildman–Crippen MR) is 89.1 cm³/mol. The molecule has 22 heavy (non-hydrogen) atoms. The van der Waals surface area contributed by atoms with E-state index in [4.69, 9.17) is 4.42 Å². The Labute approximate surface area is 139 Å². The molecule has 3 heterocycles. The van der Waals surface area contributed by atoms with E-state index in [9.17, 15) is 4.79 Å². The molecule has 2 atom stereocenters. The van der Waals surface area contributed by atoms with Crippen molar-refractivity contribution in [3.63, 3.8) is 0 Å². The highest BCUT2D eigenvalue weighted by molar-refractivity contribution is 7.13. The normalized spacial score (nSPS) is 21.1. The molecule has 2 aromatic heterocycles. The van der Waals surface area contributed by atoms with Crippen LogP contribution in [-0.4, -0.2) is 23.5 Å². The van der Waals surface area contributed by atoms with Gasteiger partial charge in [0.1, 0.15) is 6.26 Å². The van der Waals surface area contributed by atoms with E-state index in [0.29, 0.717) is 18.5 Å². The summed E-state index contributed by atoms with van der Waals surface area (Å²) in [5.41, 5.74) is 0.758. The largest absolute Gasteiger partial charge is 0.443 e. The Morgan fingerprint density at radius 1 is 1.59 bits per heavy atom. The summed E-state index contributed by atoms with van der Waals surface area (Å²) in [5.74, 6) is 0.832. The van der Waals surface area contributed by atoms with Crippen molar-refractivity contribution in [3.8, 4) is 10.8 Å². The number of aromatic nitrogens is 1. The number of carbonyl (C=O) groups excluding carboxylic acids is 1. The lowest BCUT2D eigenvalue weighted by molar-refractivity contribution is -0.126. The molecular weight excluding hydrogens is 322 g/mol. The summed E-state index contributed by atoms with van der Waals surface area (Å²) >= 11 is 1.59. The number of rotatable bonds is 4. The average molecular weight is 342 g/mol. The van der Waals surface area contributed by atoms with Crippen LogP contribution < -0.4 is 10.6 Å². The van der Waals surface area contributed by atoms with Gasteiger partial charge in [-0.05, 0) is 37.8 Å². The van der Waals surface area contributed by atoms with Crippen LogP contribution >= 0.6 is 23.7 Å². The number of amides is 1. The van der Waals surface area contributed by atoms with Crippen LogP contribution in [0, 0.1) is 5.92 Å². The molecule has 0 aromatic carbocycles. The monoisotopic (exact) mass is 341 g/mol. The van der Waals surface area contributed by atoms with Gasteiger partial charge in [0.25, 0.3) is 0 Å². The molecule has 1 aliphatic rings. The summed E-state index contributed by atoms with van der Waals surface area (Å²) < 4.78 is 5.44. The van der Waals surface area contributed by atoms with Gasteiger partial charge in [0.05, 0.1) is 17.1 Å². The number of oxazole rings is 1. The van der Waals surface area contributed by atoms with Crippen LogP contribution in [0.2, 0.25) is 0 Å². The minimum absolute atomic E-state index is 0. The van der Waals surface area contributed by atoms with Crippen molar-refractivity contribution in [2.45, 2.75) is 32.4 Å². The van der Waals surface area contributed by atoms with E-state index in [-0.39, 0.29) is 24.2 Å². The van der Waals surface area contributed by atoms with Crippen molar-refractivity contribution in [2.75, 3.05) is 6.54 Å². The fraction of sp³-hybridized carbons (Fsp3) is 0.467. The van der Waals surface area contributed by atoms with Gasteiger partial charge in [0.2, 0.25) is 11.8 Å². The molecule has 0 saturated carbocycles. The lowest BCUT2D eigenvalue weighted by Crippen LogP contribution is -2.42. The van der Waals surface area contributed by atoms with Gasteiger partial charge >= 0.3 is 0 Å². The number of halogens is 1. The Hall–Kier alpha value is -1.37. The fourth-order valence-electron chi connectivity index (χ4n) is 2.59. The predicted octanol–water partition coefficient (Wildman–Crippen LogP) is 2.83. The maximum Gasteiger partial charge on any atom is 0.236 e. The molecule has 0 radical (unpaired) electrons. The second-order valence-electron chi connectivity index (χ2n) is 5.42. The highest BCUT2D eigenvalue weighted by Gasteiger charge is 2.24. The summed E-state index contributed by atoms with van der Waals surface area (Å²) in [5, 5.41) is 8.30. The second-order valence-corrected chi connectivity index (χ2v) is 6.36. The number of hydrogen-bond donors (Lipinski definition) is 2. The number of piperidine rings is 1. The fourth-order valence-corrected chi connectivity index (χ4v) is 3.25. The minimum atomic E-state index is 0. The van der Waals surface area contributed by atoms with Crippen molar-refractivity contribution in [1.29, 1.82) is 0 Å². The summed E-state index contributed by atoms with van der Waals surface area (Å²) in [6.07, 6.45) is 3.40. The molecular formula is C15H20ClN3O2S. The Balaban J connectivity index is 0.00000176. The highest BCUT2D eigenvalue weighted by atomic mass is 35.5. The summed E-state index contributed by atoms with van der Waals surface area (Å²) in [6, 6.07) is 4.34. The molecule has 0 aliphatic carbocycles. The smallest absolute Gasteiger partial charge is 0.236 e. The minimum Gasteiger partial charge on any atom is -0.443 e. The number of thiophene rings is 1. The zero-order valence-corrected chi connectivity index (χ0v) is 14.0. The van der Waals surface area contributed by atoms with Crippen LogP contribution in [0.4, 0.5) is 0 Å². The maximum absolute atomic E-state index is 12.2. The van der Waals surface area contributed by atoms with E-state index in [1.165, 1.54) is 0 Å². The molecule has 0 spiro atoms. The molecule has 1 saturated heterocycles. The first-order valence-electron chi connectivity index (χ1n) is 7.22. The molecule has 5 nitrogen and oxygen atoms in total. The highest BCUT2D eigenvalue weighted by Crippen LogP contribution is 2.23. The number of nitrogens with one attached hydrogen (secondary N) is 2. The van der Waals surface area contributed by atoms with E-state index in [1.54, 1.807) is 17.6 Å².